The quantitative estimate of drug-likeness (QED) is 0.126. The summed E-state index contributed by atoms with van der Waals surface area (Å²) in [6, 6.07) is 89.5. The van der Waals surface area contributed by atoms with Gasteiger partial charge in [0.2, 0.25) is 0 Å². The number of halogens is 1. The van der Waals surface area contributed by atoms with Crippen molar-refractivity contribution in [1.82, 2.24) is 0 Å². The first kappa shape index (κ1) is 51.3. The molecular formula is C76H67ClN2. The topological polar surface area (TPSA) is 6.48 Å². The number of anilines is 6. The first-order valence-corrected chi connectivity index (χ1v) is 28.1. The molecule has 0 amide bonds. The molecule has 12 rings (SSSR count). The fourth-order valence-corrected chi connectivity index (χ4v) is 11.9. The number of rotatable bonds is 10. The maximum atomic E-state index is 8.27. The molecular weight excluding hydrogens is 976 g/mol. The Balaban J connectivity index is 1.09. The normalized spacial score (nSPS) is 12.2. The third-order valence-electron chi connectivity index (χ3n) is 15.9. The highest BCUT2D eigenvalue weighted by atomic mass is 35.5. The van der Waals surface area contributed by atoms with E-state index in [1.165, 1.54) is 76.8 Å². The molecule has 0 atom stereocenters. The summed E-state index contributed by atoms with van der Waals surface area (Å²) in [5.74, 6) is 0. The molecule has 12 aromatic rings. The summed E-state index contributed by atoms with van der Waals surface area (Å²) in [7, 11) is 0. The van der Waals surface area contributed by atoms with E-state index in [-0.39, 0.29) is 16.2 Å². The number of hydrogen-bond acceptors (Lipinski definition) is 2. The Morgan fingerprint density at radius 3 is 1.24 bits per heavy atom. The molecule has 0 saturated heterocycles. The second-order valence-electron chi connectivity index (χ2n) is 24.4. The lowest BCUT2D eigenvalue weighted by Crippen LogP contribution is -2.17. The highest BCUT2D eigenvalue weighted by Crippen LogP contribution is 2.51. The lowest BCUT2D eigenvalue weighted by Gasteiger charge is -2.33. The number of benzene rings is 12. The SMILES string of the molecule is CC(C)(C)c1ccc(N(c2cccc(-c3c(-c4ccccc4)cccc3-c3ccccc3)c2)c2cccc(N(c3ccc(C(C)(C)C)cc3)c3ccc(C(C)(C)C)cc3-c3cc4ccc5cccc6ccc(c3)c4c56)c2Cl)cc1. The minimum atomic E-state index is -0.110. The van der Waals surface area contributed by atoms with Crippen molar-refractivity contribution in [3.8, 4) is 44.5 Å². The average Bonchev–Trinajstić information content (AvgIpc) is 3.49. The predicted octanol–water partition coefficient (Wildman–Crippen LogP) is 22.7. The molecule has 79 heavy (non-hydrogen) atoms. The molecule has 0 N–H and O–H groups in total. The van der Waals surface area contributed by atoms with Crippen molar-refractivity contribution in [3.63, 3.8) is 0 Å². The van der Waals surface area contributed by atoms with Gasteiger partial charge in [-0.15, -0.1) is 0 Å². The lowest BCUT2D eigenvalue weighted by atomic mass is 9.84. The molecule has 0 heterocycles. The van der Waals surface area contributed by atoms with Gasteiger partial charge in [0.25, 0.3) is 0 Å². The summed E-state index contributed by atoms with van der Waals surface area (Å²) >= 11 is 8.27. The van der Waals surface area contributed by atoms with Gasteiger partial charge in [-0.1, -0.05) is 244 Å². The molecule has 0 radical (unpaired) electrons. The maximum absolute atomic E-state index is 8.27. The summed E-state index contributed by atoms with van der Waals surface area (Å²) in [5, 5.41) is 8.22. The van der Waals surface area contributed by atoms with Crippen LogP contribution in [0.4, 0.5) is 34.1 Å². The zero-order chi connectivity index (χ0) is 54.8. The predicted molar refractivity (Wildman–Crippen MR) is 342 cm³/mol. The zero-order valence-electron chi connectivity index (χ0n) is 46.9. The molecule has 0 aliphatic carbocycles. The van der Waals surface area contributed by atoms with E-state index in [0.29, 0.717) is 5.02 Å². The Bertz CT molecular complexity index is 4050. The monoisotopic (exact) mass is 1040 g/mol. The van der Waals surface area contributed by atoms with Gasteiger partial charge in [0.15, 0.2) is 0 Å². The highest BCUT2D eigenvalue weighted by molar-refractivity contribution is 6.37. The summed E-state index contributed by atoms with van der Waals surface area (Å²) < 4.78 is 0. The Hall–Kier alpha value is -8.43. The van der Waals surface area contributed by atoms with E-state index in [1.807, 2.05) is 0 Å². The molecule has 0 aliphatic heterocycles. The van der Waals surface area contributed by atoms with E-state index >= 15 is 0 Å². The Kier molecular flexibility index (Phi) is 13.1. The van der Waals surface area contributed by atoms with E-state index in [9.17, 15) is 0 Å². The minimum Gasteiger partial charge on any atom is -0.309 e. The first-order chi connectivity index (χ1) is 38.0. The Morgan fingerprint density at radius 1 is 0.278 bits per heavy atom. The third kappa shape index (κ3) is 9.74. The van der Waals surface area contributed by atoms with Gasteiger partial charge in [-0.25, -0.2) is 0 Å². The van der Waals surface area contributed by atoms with Gasteiger partial charge >= 0.3 is 0 Å². The van der Waals surface area contributed by atoms with Crippen LogP contribution in [-0.4, -0.2) is 0 Å². The van der Waals surface area contributed by atoms with Crippen molar-refractivity contribution in [1.29, 1.82) is 0 Å². The second-order valence-corrected chi connectivity index (χ2v) is 24.8. The molecule has 0 aromatic heterocycles. The van der Waals surface area contributed by atoms with E-state index in [4.69, 9.17) is 11.6 Å². The summed E-state index contributed by atoms with van der Waals surface area (Å²) in [6.07, 6.45) is 0. The van der Waals surface area contributed by atoms with Gasteiger partial charge in [-0.2, -0.15) is 0 Å². The van der Waals surface area contributed by atoms with Crippen molar-refractivity contribution in [2.75, 3.05) is 9.80 Å². The van der Waals surface area contributed by atoms with Crippen molar-refractivity contribution in [2.24, 2.45) is 0 Å². The number of nitrogens with zero attached hydrogens (tertiary/aromatic N) is 2. The van der Waals surface area contributed by atoms with Crippen LogP contribution >= 0.6 is 11.6 Å². The van der Waals surface area contributed by atoms with E-state index in [0.717, 1.165) is 50.8 Å². The summed E-state index contributed by atoms with van der Waals surface area (Å²) in [4.78, 5) is 4.74. The van der Waals surface area contributed by atoms with Gasteiger partial charge in [0.1, 0.15) is 0 Å². The molecule has 3 heteroatoms. The largest absolute Gasteiger partial charge is 0.309 e. The van der Waals surface area contributed by atoms with Gasteiger partial charge in [0.05, 0.1) is 22.1 Å². The standard InChI is InChI=1S/C76H67ClN2/c1-74(2,3)58-36-41-61(42-37-58)78(63-27-17-26-54(48-63)72-64(50-20-12-10-13-21-50)28-18-29-65(72)51-22-14-11-15-23-51)68-30-19-31-69(73(68)77)79(62-43-38-59(39-44-62)75(4,5)6)67-45-40-60(76(7,8)9)49-66(67)57-46-55-34-32-52-24-16-25-53-33-35-56(47-57)71(55)70(52)53/h10-49H,1-9H3. The van der Waals surface area contributed by atoms with Crippen LogP contribution in [0, 0.1) is 0 Å². The van der Waals surface area contributed by atoms with Crippen molar-refractivity contribution in [3.05, 3.63) is 264 Å². The summed E-state index contributed by atoms with van der Waals surface area (Å²) in [5.41, 5.74) is 18.6. The smallest absolute Gasteiger partial charge is 0.0887 e. The second kappa shape index (κ2) is 20.1. The summed E-state index contributed by atoms with van der Waals surface area (Å²) in [6.45, 7) is 20.5. The molecule has 0 fully saturated rings. The Morgan fingerprint density at radius 2 is 0.709 bits per heavy atom. The fourth-order valence-electron chi connectivity index (χ4n) is 11.6. The van der Waals surface area contributed by atoms with Crippen molar-refractivity contribution >= 4 is 78.0 Å². The van der Waals surface area contributed by atoms with E-state index in [2.05, 4.69) is 315 Å². The maximum Gasteiger partial charge on any atom is 0.0887 e. The fraction of sp³-hybridized carbons (Fsp3) is 0.158. The van der Waals surface area contributed by atoms with Gasteiger partial charge in [-0.05, 0) is 177 Å². The molecule has 12 aromatic carbocycles. The lowest BCUT2D eigenvalue weighted by molar-refractivity contribution is 0.590. The van der Waals surface area contributed by atoms with Crippen LogP contribution in [0.5, 0.6) is 0 Å². The van der Waals surface area contributed by atoms with Gasteiger partial charge < -0.3 is 9.80 Å². The zero-order valence-corrected chi connectivity index (χ0v) is 47.6. The van der Waals surface area contributed by atoms with E-state index in [1.54, 1.807) is 0 Å². The minimum absolute atomic E-state index is 0.0328. The average molecular weight is 1040 g/mol. The third-order valence-corrected chi connectivity index (χ3v) is 16.3. The van der Waals surface area contributed by atoms with Crippen LogP contribution in [0.1, 0.15) is 79.0 Å². The van der Waals surface area contributed by atoms with Crippen LogP contribution < -0.4 is 9.80 Å². The highest BCUT2D eigenvalue weighted by Gasteiger charge is 2.28. The molecule has 388 valence electrons. The molecule has 0 unspecified atom stereocenters. The molecule has 2 nitrogen and oxygen atoms in total. The van der Waals surface area contributed by atoms with Crippen LogP contribution in [-0.2, 0) is 16.2 Å². The van der Waals surface area contributed by atoms with Crippen LogP contribution in [0.2, 0.25) is 5.02 Å². The molecule has 0 bridgehead atoms. The van der Waals surface area contributed by atoms with Gasteiger partial charge in [-0.3, -0.25) is 0 Å². The van der Waals surface area contributed by atoms with Crippen LogP contribution in [0.25, 0.3) is 76.8 Å². The van der Waals surface area contributed by atoms with Crippen molar-refractivity contribution in [2.45, 2.75) is 78.6 Å². The number of hydrogen-bond donors (Lipinski definition) is 0. The Labute approximate surface area is 472 Å². The first-order valence-electron chi connectivity index (χ1n) is 27.8. The van der Waals surface area contributed by atoms with Gasteiger partial charge in [0, 0.05) is 22.6 Å². The van der Waals surface area contributed by atoms with Crippen LogP contribution in [0.15, 0.2) is 243 Å². The van der Waals surface area contributed by atoms with Crippen molar-refractivity contribution < 1.29 is 0 Å². The van der Waals surface area contributed by atoms with E-state index < -0.39 is 0 Å². The van der Waals surface area contributed by atoms with Crippen LogP contribution in [0.3, 0.4) is 0 Å². The molecule has 0 saturated carbocycles. The molecule has 0 spiro atoms. The molecule has 0 aliphatic rings.